The van der Waals surface area contributed by atoms with E-state index in [1.807, 2.05) is 0 Å². The van der Waals surface area contributed by atoms with Gasteiger partial charge in [-0.2, -0.15) is 0 Å². The average molecular weight is 212 g/mol. The minimum atomic E-state index is -0.0334. The van der Waals surface area contributed by atoms with Gasteiger partial charge in [-0.25, -0.2) is 0 Å². The standard InChI is InChI=1S/C12H24N2O/c1-4-5-8-13-9-6-7-10-14-12(15)11(2)3/h13H,2,4-10H2,1,3H3,(H,14,15). The van der Waals surface area contributed by atoms with Crippen molar-refractivity contribution in [3.63, 3.8) is 0 Å². The number of carbonyl (C=O) groups excluding carboxylic acids is 1. The highest BCUT2D eigenvalue weighted by Gasteiger charge is 1.98. The van der Waals surface area contributed by atoms with Crippen molar-refractivity contribution in [1.29, 1.82) is 0 Å². The largest absolute Gasteiger partial charge is 0.352 e. The number of unbranched alkanes of at least 4 members (excludes halogenated alkanes) is 2. The Balaban J connectivity index is 3.11. The third kappa shape index (κ3) is 9.47. The van der Waals surface area contributed by atoms with E-state index in [2.05, 4.69) is 24.1 Å². The van der Waals surface area contributed by atoms with Crippen LogP contribution >= 0.6 is 0 Å². The summed E-state index contributed by atoms with van der Waals surface area (Å²) in [4.78, 5) is 11.1. The summed E-state index contributed by atoms with van der Waals surface area (Å²) in [6.45, 7) is 10.4. The summed E-state index contributed by atoms with van der Waals surface area (Å²) in [7, 11) is 0. The van der Waals surface area contributed by atoms with Crippen LogP contribution in [0.4, 0.5) is 0 Å². The molecule has 0 saturated heterocycles. The Morgan fingerprint density at radius 3 is 2.33 bits per heavy atom. The van der Waals surface area contributed by atoms with Gasteiger partial charge in [0.25, 0.3) is 0 Å². The molecule has 0 aliphatic heterocycles. The molecule has 0 aliphatic carbocycles. The molecule has 0 aromatic carbocycles. The topological polar surface area (TPSA) is 41.1 Å². The summed E-state index contributed by atoms with van der Waals surface area (Å²) < 4.78 is 0. The number of hydrogen-bond donors (Lipinski definition) is 2. The third-order valence-corrected chi connectivity index (χ3v) is 2.16. The maximum atomic E-state index is 11.1. The van der Waals surface area contributed by atoms with Gasteiger partial charge >= 0.3 is 0 Å². The predicted octanol–water partition coefficient (Wildman–Crippen LogP) is 1.85. The van der Waals surface area contributed by atoms with Crippen molar-refractivity contribution >= 4 is 5.91 Å². The number of amides is 1. The molecule has 0 heterocycles. The zero-order chi connectivity index (χ0) is 11.5. The first-order valence-corrected chi connectivity index (χ1v) is 5.83. The van der Waals surface area contributed by atoms with E-state index in [-0.39, 0.29) is 5.91 Å². The van der Waals surface area contributed by atoms with Crippen LogP contribution in [0.5, 0.6) is 0 Å². The van der Waals surface area contributed by atoms with Crippen LogP contribution in [0.3, 0.4) is 0 Å². The molecule has 15 heavy (non-hydrogen) atoms. The molecule has 0 fully saturated rings. The molecular formula is C12H24N2O. The molecule has 0 saturated carbocycles. The summed E-state index contributed by atoms with van der Waals surface area (Å²) in [5.74, 6) is -0.0334. The highest BCUT2D eigenvalue weighted by atomic mass is 16.1. The highest BCUT2D eigenvalue weighted by Crippen LogP contribution is 1.89. The molecule has 0 spiro atoms. The Hall–Kier alpha value is -0.830. The van der Waals surface area contributed by atoms with Gasteiger partial charge in [-0.15, -0.1) is 0 Å². The van der Waals surface area contributed by atoms with E-state index in [4.69, 9.17) is 0 Å². The van der Waals surface area contributed by atoms with Crippen LogP contribution < -0.4 is 10.6 Å². The maximum Gasteiger partial charge on any atom is 0.246 e. The lowest BCUT2D eigenvalue weighted by atomic mass is 10.2. The SMILES string of the molecule is C=C(C)C(=O)NCCCCNCCCC. The van der Waals surface area contributed by atoms with Crippen molar-refractivity contribution in [2.75, 3.05) is 19.6 Å². The molecule has 0 atom stereocenters. The van der Waals surface area contributed by atoms with E-state index in [9.17, 15) is 4.79 Å². The van der Waals surface area contributed by atoms with Crippen molar-refractivity contribution in [3.05, 3.63) is 12.2 Å². The Morgan fingerprint density at radius 1 is 1.13 bits per heavy atom. The Kier molecular flexibility index (Phi) is 9.18. The summed E-state index contributed by atoms with van der Waals surface area (Å²) in [5, 5.41) is 6.18. The molecule has 0 rings (SSSR count). The fourth-order valence-electron chi connectivity index (χ4n) is 1.15. The highest BCUT2D eigenvalue weighted by molar-refractivity contribution is 5.91. The first-order valence-electron chi connectivity index (χ1n) is 5.83. The number of rotatable bonds is 9. The molecule has 88 valence electrons. The van der Waals surface area contributed by atoms with Gasteiger partial charge in [-0.05, 0) is 39.3 Å². The fourth-order valence-corrected chi connectivity index (χ4v) is 1.15. The van der Waals surface area contributed by atoms with E-state index < -0.39 is 0 Å². The minimum Gasteiger partial charge on any atom is -0.352 e. The lowest BCUT2D eigenvalue weighted by Gasteiger charge is -2.05. The van der Waals surface area contributed by atoms with Crippen molar-refractivity contribution in [1.82, 2.24) is 10.6 Å². The summed E-state index contributed by atoms with van der Waals surface area (Å²) in [6, 6.07) is 0. The number of nitrogens with one attached hydrogen (secondary N) is 2. The molecular weight excluding hydrogens is 188 g/mol. The molecule has 3 heteroatoms. The second-order valence-electron chi connectivity index (χ2n) is 3.85. The Labute approximate surface area is 93.3 Å². The molecule has 1 amide bonds. The maximum absolute atomic E-state index is 11.1. The monoisotopic (exact) mass is 212 g/mol. The second-order valence-corrected chi connectivity index (χ2v) is 3.85. The second kappa shape index (κ2) is 9.71. The number of carbonyl (C=O) groups is 1. The first-order chi connectivity index (χ1) is 7.18. The van der Waals surface area contributed by atoms with E-state index in [0.29, 0.717) is 5.57 Å². The van der Waals surface area contributed by atoms with E-state index >= 15 is 0 Å². The Morgan fingerprint density at radius 2 is 1.73 bits per heavy atom. The molecule has 0 aliphatic rings. The summed E-state index contributed by atoms with van der Waals surface area (Å²) >= 11 is 0. The van der Waals surface area contributed by atoms with Gasteiger partial charge in [0.1, 0.15) is 0 Å². The lowest BCUT2D eigenvalue weighted by Crippen LogP contribution is -2.25. The van der Waals surface area contributed by atoms with Crippen LogP contribution in [-0.2, 0) is 4.79 Å². The predicted molar refractivity (Wildman–Crippen MR) is 64.8 cm³/mol. The average Bonchev–Trinajstić information content (AvgIpc) is 2.21. The summed E-state index contributed by atoms with van der Waals surface area (Å²) in [6.07, 6.45) is 4.62. The van der Waals surface area contributed by atoms with Crippen LogP contribution in [0.1, 0.15) is 39.5 Å². The third-order valence-electron chi connectivity index (χ3n) is 2.16. The van der Waals surface area contributed by atoms with Crippen LogP contribution in [0, 0.1) is 0 Å². The van der Waals surface area contributed by atoms with Gasteiger partial charge in [-0.3, -0.25) is 4.79 Å². The molecule has 2 N–H and O–H groups in total. The minimum absolute atomic E-state index is 0.0334. The van der Waals surface area contributed by atoms with Crippen molar-refractivity contribution in [3.8, 4) is 0 Å². The molecule has 0 radical (unpaired) electrons. The van der Waals surface area contributed by atoms with Crippen LogP contribution in [0.15, 0.2) is 12.2 Å². The van der Waals surface area contributed by atoms with Gasteiger partial charge in [0, 0.05) is 12.1 Å². The normalized spacial score (nSPS) is 10.0. The van der Waals surface area contributed by atoms with Crippen molar-refractivity contribution in [2.24, 2.45) is 0 Å². The van der Waals surface area contributed by atoms with Crippen LogP contribution in [0.2, 0.25) is 0 Å². The first kappa shape index (κ1) is 14.2. The van der Waals surface area contributed by atoms with E-state index in [1.54, 1.807) is 6.92 Å². The van der Waals surface area contributed by atoms with Gasteiger partial charge in [-0.1, -0.05) is 19.9 Å². The van der Waals surface area contributed by atoms with Crippen LogP contribution in [-0.4, -0.2) is 25.5 Å². The smallest absolute Gasteiger partial charge is 0.246 e. The van der Waals surface area contributed by atoms with Crippen LogP contribution in [0.25, 0.3) is 0 Å². The molecule has 3 nitrogen and oxygen atoms in total. The van der Waals surface area contributed by atoms with E-state index in [1.165, 1.54) is 12.8 Å². The Bertz CT molecular complexity index is 190. The molecule has 0 aromatic heterocycles. The molecule has 0 bridgehead atoms. The van der Waals surface area contributed by atoms with E-state index in [0.717, 1.165) is 32.5 Å². The van der Waals surface area contributed by atoms with Gasteiger partial charge in [0.2, 0.25) is 5.91 Å². The quantitative estimate of drug-likeness (QED) is 0.452. The van der Waals surface area contributed by atoms with Gasteiger partial charge < -0.3 is 10.6 Å². The van der Waals surface area contributed by atoms with Gasteiger partial charge in [0.05, 0.1) is 0 Å². The molecule has 0 aromatic rings. The number of hydrogen-bond acceptors (Lipinski definition) is 2. The zero-order valence-corrected chi connectivity index (χ0v) is 10.1. The fraction of sp³-hybridized carbons (Fsp3) is 0.750. The van der Waals surface area contributed by atoms with Crippen molar-refractivity contribution < 1.29 is 4.79 Å². The molecule has 0 unspecified atom stereocenters. The van der Waals surface area contributed by atoms with Gasteiger partial charge in [0.15, 0.2) is 0 Å². The summed E-state index contributed by atoms with van der Waals surface area (Å²) in [5.41, 5.74) is 0.580. The lowest BCUT2D eigenvalue weighted by molar-refractivity contribution is -0.117. The van der Waals surface area contributed by atoms with Crippen molar-refractivity contribution in [2.45, 2.75) is 39.5 Å². The zero-order valence-electron chi connectivity index (χ0n) is 10.1.